The molecule has 168 valence electrons. The van der Waals surface area contributed by atoms with Crippen LogP contribution in [0.4, 0.5) is 5.69 Å². The molecular formula is C25H28N2O4S. The number of carbonyl (C=O) groups is 1. The van der Waals surface area contributed by atoms with Crippen LogP contribution in [-0.4, -0.2) is 27.5 Å². The Hall–Kier alpha value is -3.32. The number of carbonyl (C=O) groups excluding carboxylic acids is 1. The molecule has 0 saturated heterocycles. The number of nitrogens with one attached hydrogen (secondary N) is 1. The first-order valence-electron chi connectivity index (χ1n) is 10.4. The Morgan fingerprint density at radius 1 is 0.938 bits per heavy atom. The van der Waals surface area contributed by atoms with Crippen molar-refractivity contribution >= 4 is 21.6 Å². The molecule has 7 heteroatoms. The molecule has 32 heavy (non-hydrogen) atoms. The predicted molar refractivity (Wildman–Crippen MR) is 126 cm³/mol. The summed E-state index contributed by atoms with van der Waals surface area (Å²) in [6.45, 7) is 6.34. The van der Waals surface area contributed by atoms with Crippen LogP contribution in [0.15, 0.2) is 77.7 Å². The third-order valence-corrected chi connectivity index (χ3v) is 6.91. The van der Waals surface area contributed by atoms with Gasteiger partial charge in [-0.1, -0.05) is 36.4 Å². The summed E-state index contributed by atoms with van der Waals surface area (Å²) in [7, 11) is -3.92. The van der Waals surface area contributed by atoms with E-state index in [-0.39, 0.29) is 18.0 Å². The van der Waals surface area contributed by atoms with Gasteiger partial charge in [-0.3, -0.25) is 9.10 Å². The van der Waals surface area contributed by atoms with Crippen molar-refractivity contribution in [2.45, 2.75) is 32.2 Å². The van der Waals surface area contributed by atoms with Crippen LogP contribution in [0.3, 0.4) is 0 Å². The number of rotatable bonds is 9. The van der Waals surface area contributed by atoms with Gasteiger partial charge in [0.05, 0.1) is 17.2 Å². The lowest BCUT2D eigenvalue weighted by Crippen LogP contribution is -2.40. The van der Waals surface area contributed by atoms with Crippen molar-refractivity contribution in [3.63, 3.8) is 0 Å². The Bertz CT molecular complexity index is 1160. The number of nitrogens with zero attached hydrogens (tertiary/aromatic N) is 1. The molecular weight excluding hydrogens is 424 g/mol. The van der Waals surface area contributed by atoms with E-state index in [2.05, 4.69) is 5.32 Å². The van der Waals surface area contributed by atoms with Gasteiger partial charge in [0.1, 0.15) is 12.3 Å². The maximum absolute atomic E-state index is 13.4. The molecule has 3 rings (SSSR count). The van der Waals surface area contributed by atoms with Crippen LogP contribution in [-0.2, 0) is 21.4 Å². The van der Waals surface area contributed by atoms with Crippen molar-refractivity contribution in [2.75, 3.05) is 17.5 Å². The number of hydrogen-bond acceptors (Lipinski definition) is 4. The van der Waals surface area contributed by atoms with Crippen LogP contribution in [0, 0.1) is 13.8 Å². The van der Waals surface area contributed by atoms with Crippen molar-refractivity contribution in [2.24, 2.45) is 0 Å². The third-order valence-electron chi connectivity index (χ3n) is 5.12. The summed E-state index contributed by atoms with van der Waals surface area (Å²) in [6, 6.07) is 20.9. The first-order valence-corrected chi connectivity index (χ1v) is 11.9. The summed E-state index contributed by atoms with van der Waals surface area (Å²) in [5.41, 5.74) is 3.34. The van der Waals surface area contributed by atoms with Gasteiger partial charge in [0.25, 0.3) is 10.0 Å². The molecule has 0 bridgehead atoms. The molecule has 0 aromatic heterocycles. The van der Waals surface area contributed by atoms with E-state index in [0.717, 1.165) is 26.7 Å². The van der Waals surface area contributed by atoms with Gasteiger partial charge >= 0.3 is 0 Å². The largest absolute Gasteiger partial charge is 0.494 e. The number of ether oxygens (including phenoxy) is 1. The van der Waals surface area contributed by atoms with Gasteiger partial charge < -0.3 is 10.1 Å². The van der Waals surface area contributed by atoms with E-state index in [0.29, 0.717) is 12.3 Å². The number of anilines is 1. The molecule has 0 fully saturated rings. The molecule has 0 aliphatic heterocycles. The maximum Gasteiger partial charge on any atom is 0.264 e. The Morgan fingerprint density at radius 3 is 2.25 bits per heavy atom. The summed E-state index contributed by atoms with van der Waals surface area (Å²) >= 11 is 0. The highest BCUT2D eigenvalue weighted by atomic mass is 32.2. The Labute approximate surface area is 189 Å². The Kier molecular flexibility index (Phi) is 7.53. The van der Waals surface area contributed by atoms with E-state index in [9.17, 15) is 13.2 Å². The van der Waals surface area contributed by atoms with Gasteiger partial charge in [-0.15, -0.1) is 0 Å². The summed E-state index contributed by atoms with van der Waals surface area (Å²) in [6.07, 6.45) is 0. The highest BCUT2D eigenvalue weighted by Crippen LogP contribution is 2.25. The molecule has 0 unspecified atom stereocenters. The first-order chi connectivity index (χ1) is 15.3. The van der Waals surface area contributed by atoms with E-state index in [1.807, 2.05) is 51.1 Å². The molecule has 0 spiro atoms. The normalized spacial score (nSPS) is 11.1. The van der Waals surface area contributed by atoms with Gasteiger partial charge in [-0.2, -0.15) is 0 Å². The van der Waals surface area contributed by atoms with Crippen LogP contribution in [0.5, 0.6) is 5.75 Å². The molecule has 0 radical (unpaired) electrons. The number of hydrogen-bond donors (Lipinski definition) is 1. The Morgan fingerprint density at radius 2 is 1.62 bits per heavy atom. The second-order valence-electron chi connectivity index (χ2n) is 7.45. The highest BCUT2D eigenvalue weighted by molar-refractivity contribution is 7.92. The zero-order valence-electron chi connectivity index (χ0n) is 18.5. The van der Waals surface area contributed by atoms with Gasteiger partial charge in [-0.25, -0.2) is 8.42 Å². The Balaban J connectivity index is 1.80. The molecule has 0 aliphatic rings. The second-order valence-corrected chi connectivity index (χ2v) is 9.31. The van der Waals surface area contributed by atoms with Gasteiger partial charge in [0.15, 0.2) is 0 Å². The number of benzene rings is 3. The summed E-state index contributed by atoms with van der Waals surface area (Å²) in [5.74, 6) is 0.370. The summed E-state index contributed by atoms with van der Waals surface area (Å²) < 4.78 is 33.3. The van der Waals surface area contributed by atoms with E-state index in [1.54, 1.807) is 30.3 Å². The number of amides is 1. The van der Waals surface area contributed by atoms with Gasteiger partial charge in [-0.05, 0) is 73.9 Å². The molecule has 3 aromatic carbocycles. The van der Waals surface area contributed by atoms with E-state index in [1.165, 1.54) is 12.1 Å². The fourth-order valence-corrected chi connectivity index (χ4v) is 4.61. The first kappa shape index (κ1) is 23.3. The monoisotopic (exact) mass is 452 g/mol. The van der Waals surface area contributed by atoms with Crippen LogP contribution in [0.1, 0.15) is 23.6 Å². The van der Waals surface area contributed by atoms with Gasteiger partial charge in [0.2, 0.25) is 5.91 Å². The third kappa shape index (κ3) is 5.68. The molecule has 0 heterocycles. The quantitative estimate of drug-likeness (QED) is 0.528. The molecule has 6 nitrogen and oxygen atoms in total. The lowest BCUT2D eigenvalue weighted by atomic mass is 10.1. The van der Waals surface area contributed by atoms with E-state index < -0.39 is 15.9 Å². The van der Waals surface area contributed by atoms with E-state index in [4.69, 9.17) is 4.74 Å². The predicted octanol–water partition coefficient (Wildman–Crippen LogP) is 4.21. The highest BCUT2D eigenvalue weighted by Gasteiger charge is 2.27. The van der Waals surface area contributed by atoms with Crippen molar-refractivity contribution in [1.82, 2.24) is 5.32 Å². The molecule has 0 aliphatic carbocycles. The van der Waals surface area contributed by atoms with Crippen molar-refractivity contribution in [3.8, 4) is 5.75 Å². The fraction of sp³-hybridized carbons (Fsp3) is 0.240. The molecule has 3 aromatic rings. The summed E-state index contributed by atoms with van der Waals surface area (Å²) in [4.78, 5) is 12.9. The molecule has 1 amide bonds. The SMILES string of the molecule is CCOc1ccc(CNC(=O)CN(c2ccc(C)c(C)c2)S(=O)(=O)c2ccccc2)cc1. The van der Waals surface area contributed by atoms with Crippen LogP contribution < -0.4 is 14.4 Å². The van der Waals surface area contributed by atoms with Crippen molar-refractivity contribution in [1.29, 1.82) is 0 Å². The topological polar surface area (TPSA) is 75.7 Å². The lowest BCUT2D eigenvalue weighted by Gasteiger charge is -2.25. The van der Waals surface area contributed by atoms with Crippen LogP contribution >= 0.6 is 0 Å². The minimum absolute atomic E-state index is 0.137. The molecule has 1 N–H and O–H groups in total. The minimum Gasteiger partial charge on any atom is -0.494 e. The van der Waals surface area contributed by atoms with Crippen molar-refractivity contribution in [3.05, 3.63) is 89.5 Å². The van der Waals surface area contributed by atoms with Crippen LogP contribution in [0.2, 0.25) is 0 Å². The molecule has 0 saturated carbocycles. The molecule has 0 atom stereocenters. The lowest BCUT2D eigenvalue weighted by molar-refractivity contribution is -0.119. The van der Waals surface area contributed by atoms with Gasteiger partial charge in [0, 0.05) is 6.54 Å². The zero-order valence-corrected chi connectivity index (χ0v) is 19.4. The fourth-order valence-electron chi connectivity index (χ4n) is 3.17. The van der Waals surface area contributed by atoms with Crippen molar-refractivity contribution < 1.29 is 17.9 Å². The smallest absolute Gasteiger partial charge is 0.264 e. The zero-order chi connectivity index (χ0) is 23.1. The summed E-state index contributed by atoms with van der Waals surface area (Å²) in [5, 5.41) is 2.81. The van der Waals surface area contributed by atoms with E-state index >= 15 is 0 Å². The second kappa shape index (κ2) is 10.3. The minimum atomic E-state index is -3.92. The number of sulfonamides is 1. The average Bonchev–Trinajstić information content (AvgIpc) is 2.79. The average molecular weight is 453 g/mol. The number of aryl methyl sites for hydroxylation is 2. The van der Waals surface area contributed by atoms with Crippen LogP contribution in [0.25, 0.3) is 0 Å². The maximum atomic E-state index is 13.4. The standard InChI is InChI=1S/C25H28N2O4S/c1-4-31-23-14-11-21(12-15-23)17-26-25(28)18-27(22-13-10-19(2)20(3)16-22)32(29,30)24-8-6-5-7-9-24/h5-16H,4,17-18H2,1-3H3,(H,26,28).